The molecule has 3 fully saturated rings. The van der Waals surface area contributed by atoms with Gasteiger partial charge in [-0.3, -0.25) is 14.4 Å². The first-order valence-electron chi connectivity index (χ1n) is 10.9. The highest BCUT2D eigenvalue weighted by Crippen LogP contribution is 2.38. The van der Waals surface area contributed by atoms with Crippen molar-refractivity contribution in [3.63, 3.8) is 0 Å². The molecular formula is C23H29N3O6. The number of rotatable bonds is 3. The van der Waals surface area contributed by atoms with E-state index in [0.717, 1.165) is 5.69 Å². The lowest BCUT2D eigenvalue weighted by molar-refractivity contribution is -0.148. The lowest BCUT2D eigenvalue weighted by atomic mass is 9.88. The Kier molecular flexibility index (Phi) is 5.38. The summed E-state index contributed by atoms with van der Waals surface area (Å²) >= 11 is 0. The molecule has 0 radical (unpaired) electrons. The van der Waals surface area contributed by atoms with Crippen LogP contribution in [0.3, 0.4) is 0 Å². The van der Waals surface area contributed by atoms with Crippen LogP contribution in [-0.2, 0) is 19.1 Å². The number of carbonyl (C=O) groups excluding carboxylic acids is 4. The van der Waals surface area contributed by atoms with E-state index in [1.54, 1.807) is 61.9 Å². The molecule has 0 saturated carbocycles. The number of hydrogen-bond donors (Lipinski definition) is 0. The molecular weight excluding hydrogens is 414 g/mol. The van der Waals surface area contributed by atoms with Gasteiger partial charge in [0.25, 0.3) is 5.91 Å². The fourth-order valence-electron chi connectivity index (χ4n) is 4.67. The third-order valence-corrected chi connectivity index (χ3v) is 6.47. The SMILES string of the molecule is COc1ccc(N2CC(C(=O)N3CCC4(CC3)OC(=O)N(C(C)(C)C)C4=O)CC2=O)cc1. The molecule has 1 atom stereocenters. The minimum absolute atomic E-state index is 0.0947. The number of carbonyl (C=O) groups is 4. The second-order valence-electron chi connectivity index (χ2n) is 9.60. The molecule has 32 heavy (non-hydrogen) atoms. The highest BCUT2D eigenvalue weighted by molar-refractivity contribution is 6.04. The van der Waals surface area contributed by atoms with Gasteiger partial charge in [-0.25, -0.2) is 9.69 Å². The molecule has 9 heteroatoms. The first-order chi connectivity index (χ1) is 15.1. The molecule has 0 N–H and O–H groups in total. The molecule has 172 valence electrons. The molecule has 4 rings (SSSR count). The van der Waals surface area contributed by atoms with Gasteiger partial charge in [0.1, 0.15) is 5.75 Å². The van der Waals surface area contributed by atoms with Gasteiger partial charge in [0.05, 0.1) is 13.0 Å². The maximum Gasteiger partial charge on any atom is 0.418 e. The monoisotopic (exact) mass is 443 g/mol. The van der Waals surface area contributed by atoms with E-state index in [1.165, 1.54) is 4.90 Å². The molecule has 9 nitrogen and oxygen atoms in total. The van der Waals surface area contributed by atoms with Crippen molar-refractivity contribution in [1.29, 1.82) is 0 Å². The molecule has 1 aromatic rings. The quantitative estimate of drug-likeness (QED) is 0.711. The zero-order valence-electron chi connectivity index (χ0n) is 18.9. The molecule has 3 aliphatic rings. The zero-order valence-corrected chi connectivity index (χ0v) is 18.9. The van der Waals surface area contributed by atoms with Gasteiger partial charge in [-0.05, 0) is 45.0 Å². The lowest BCUT2D eigenvalue weighted by Gasteiger charge is -2.37. The number of ether oxygens (including phenoxy) is 2. The van der Waals surface area contributed by atoms with Gasteiger partial charge < -0.3 is 19.3 Å². The Morgan fingerprint density at radius 3 is 2.25 bits per heavy atom. The molecule has 3 aliphatic heterocycles. The number of likely N-dealkylation sites (tertiary alicyclic amines) is 1. The number of benzene rings is 1. The standard InChI is InChI=1S/C23H29N3O6/c1-22(2,3)26-20(29)23(32-21(26)30)9-11-24(12-10-23)19(28)15-13-18(27)25(14-15)16-5-7-17(31-4)8-6-16/h5-8,15H,9-14H2,1-4H3. The van der Waals surface area contributed by atoms with Crippen LogP contribution < -0.4 is 9.64 Å². The van der Waals surface area contributed by atoms with Gasteiger partial charge in [0.15, 0.2) is 5.60 Å². The minimum Gasteiger partial charge on any atom is -0.497 e. The highest BCUT2D eigenvalue weighted by atomic mass is 16.6. The Labute approximate surface area is 187 Å². The molecule has 1 unspecified atom stereocenters. The molecule has 0 aliphatic carbocycles. The van der Waals surface area contributed by atoms with Gasteiger partial charge in [-0.2, -0.15) is 0 Å². The topological polar surface area (TPSA) is 96.5 Å². The Morgan fingerprint density at radius 1 is 1.09 bits per heavy atom. The predicted octanol–water partition coefficient (Wildman–Crippen LogP) is 2.19. The van der Waals surface area contributed by atoms with E-state index >= 15 is 0 Å². The van der Waals surface area contributed by atoms with Crippen molar-refractivity contribution in [2.24, 2.45) is 5.92 Å². The Hall–Kier alpha value is -3.10. The summed E-state index contributed by atoms with van der Waals surface area (Å²) in [6.45, 7) is 6.30. The first kappa shape index (κ1) is 22.1. The maximum atomic E-state index is 13.1. The van der Waals surface area contributed by atoms with Crippen LogP contribution in [0.1, 0.15) is 40.0 Å². The summed E-state index contributed by atoms with van der Waals surface area (Å²) in [4.78, 5) is 55.5. The minimum atomic E-state index is -1.19. The third-order valence-electron chi connectivity index (χ3n) is 6.47. The summed E-state index contributed by atoms with van der Waals surface area (Å²) in [6.07, 6.45) is 0.0502. The van der Waals surface area contributed by atoms with E-state index in [4.69, 9.17) is 9.47 Å². The van der Waals surface area contributed by atoms with Crippen LogP contribution in [0.2, 0.25) is 0 Å². The number of hydrogen-bond acceptors (Lipinski definition) is 6. The largest absolute Gasteiger partial charge is 0.497 e. The summed E-state index contributed by atoms with van der Waals surface area (Å²) < 4.78 is 10.7. The molecule has 1 aromatic carbocycles. The van der Waals surface area contributed by atoms with Gasteiger partial charge in [0, 0.05) is 50.1 Å². The normalized spacial score (nSPS) is 23.2. The third kappa shape index (κ3) is 3.69. The second-order valence-corrected chi connectivity index (χ2v) is 9.60. The molecule has 3 saturated heterocycles. The highest BCUT2D eigenvalue weighted by Gasteiger charge is 2.58. The molecule has 0 aromatic heterocycles. The predicted molar refractivity (Wildman–Crippen MR) is 115 cm³/mol. The van der Waals surface area contributed by atoms with Crippen molar-refractivity contribution in [1.82, 2.24) is 9.80 Å². The number of nitrogens with zero attached hydrogens (tertiary/aromatic N) is 3. The Bertz CT molecular complexity index is 943. The van der Waals surface area contributed by atoms with Gasteiger partial charge in [-0.1, -0.05) is 0 Å². The van der Waals surface area contributed by atoms with Crippen molar-refractivity contribution >= 4 is 29.5 Å². The van der Waals surface area contributed by atoms with Crippen LogP contribution in [0.5, 0.6) is 5.75 Å². The van der Waals surface area contributed by atoms with Crippen molar-refractivity contribution in [3.8, 4) is 5.75 Å². The Balaban J connectivity index is 1.39. The fourth-order valence-corrected chi connectivity index (χ4v) is 4.67. The van der Waals surface area contributed by atoms with Crippen LogP contribution in [0, 0.1) is 5.92 Å². The van der Waals surface area contributed by atoms with E-state index in [9.17, 15) is 19.2 Å². The second kappa shape index (κ2) is 7.79. The zero-order chi connectivity index (χ0) is 23.3. The van der Waals surface area contributed by atoms with Crippen molar-refractivity contribution < 1.29 is 28.7 Å². The number of methoxy groups -OCH3 is 1. The molecule has 0 bridgehead atoms. The summed E-state index contributed by atoms with van der Waals surface area (Å²) in [6, 6.07) is 7.16. The van der Waals surface area contributed by atoms with Crippen molar-refractivity contribution in [2.45, 2.75) is 51.2 Å². The lowest BCUT2D eigenvalue weighted by Crippen LogP contribution is -2.54. The van der Waals surface area contributed by atoms with Crippen LogP contribution in [-0.4, -0.2) is 71.5 Å². The number of piperidine rings is 1. The summed E-state index contributed by atoms with van der Waals surface area (Å²) in [5, 5.41) is 0. The van der Waals surface area contributed by atoms with E-state index in [1.807, 2.05) is 0 Å². The van der Waals surface area contributed by atoms with E-state index < -0.39 is 23.2 Å². The fraction of sp³-hybridized carbons (Fsp3) is 0.565. The number of imide groups is 1. The average molecular weight is 444 g/mol. The van der Waals surface area contributed by atoms with Crippen LogP contribution >= 0.6 is 0 Å². The van der Waals surface area contributed by atoms with Crippen LogP contribution in [0.15, 0.2) is 24.3 Å². The molecule has 1 spiro atoms. The Morgan fingerprint density at radius 2 is 1.72 bits per heavy atom. The molecule has 4 amide bonds. The van der Waals surface area contributed by atoms with Crippen LogP contribution in [0.4, 0.5) is 10.5 Å². The van der Waals surface area contributed by atoms with Gasteiger partial charge in [-0.15, -0.1) is 0 Å². The number of amides is 4. The number of anilines is 1. The van der Waals surface area contributed by atoms with Gasteiger partial charge in [0.2, 0.25) is 11.8 Å². The van der Waals surface area contributed by atoms with Crippen molar-refractivity contribution in [2.75, 3.05) is 31.6 Å². The van der Waals surface area contributed by atoms with Crippen molar-refractivity contribution in [3.05, 3.63) is 24.3 Å². The summed E-state index contributed by atoms with van der Waals surface area (Å²) in [5.74, 6) is -0.269. The van der Waals surface area contributed by atoms with Crippen LogP contribution in [0.25, 0.3) is 0 Å². The maximum absolute atomic E-state index is 13.1. The van der Waals surface area contributed by atoms with E-state index in [2.05, 4.69) is 0 Å². The van der Waals surface area contributed by atoms with Gasteiger partial charge >= 0.3 is 6.09 Å². The smallest absolute Gasteiger partial charge is 0.418 e. The molecule has 3 heterocycles. The average Bonchev–Trinajstić information content (AvgIpc) is 3.25. The van der Waals surface area contributed by atoms with E-state index in [-0.39, 0.29) is 37.0 Å². The first-order valence-corrected chi connectivity index (χ1v) is 10.9. The summed E-state index contributed by atoms with van der Waals surface area (Å²) in [5.41, 5.74) is -1.13. The summed E-state index contributed by atoms with van der Waals surface area (Å²) in [7, 11) is 1.58. The van der Waals surface area contributed by atoms with E-state index in [0.29, 0.717) is 25.4 Å².